The van der Waals surface area contributed by atoms with Crippen molar-refractivity contribution < 1.29 is 24.0 Å². The number of aromatic nitrogens is 1. The van der Waals surface area contributed by atoms with E-state index in [2.05, 4.69) is 10.5 Å². The highest BCUT2D eigenvalue weighted by Gasteiger charge is 2.44. The summed E-state index contributed by atoms with van der Waals surface area (Å²) in [5, 5.41) is 17.5. The third-order valence-corrected chi connectivity index (χ3v) is 8.34. The summed E-state index contributed by atoms with van der Waals surface area (Å²) in [5.74, 6) is 0.161. The minimum atomic E-state index is -1.03. The van der Waals surface area contributed by atoms with Crippen molar-refractivity contribution in [2.75, 3.05) is 5.32 Å². The van der Waals surface area contributed by atoms with Crippen molar-refractivity contribution >= 4 is 40.9 Å². The van der Waals surface area contributed by atoms with Crippen LogP contribution in [0.4, 0.5) is 10.5 Å². The molecule has 3 fully saturated rings. The molecule has 2 aliphatic heterocycles. The van der Waals surface area contributed by atoms with E-state index in [0.29, 0.717) is 39.5 Å². The number of halogens is 2. The minimum Gasteiger partial charge on any atom is -0.478 e. The van der Waals surface area contributed by atoms with Gasteiger partial charge in [0.05, 0.1) is 28.3 Å². The Labute approximate surface area is 229 Å². The number of ether oxygens (including phenoxy) is 1. The van der Waals surface area contributed by atoms with E-state index in [4.69, 9.17) is 32.5 Å². The number of fused-ring (bicyclic) bond motifs is 2. The number of amides is 2. The lowest BCUT2D eigenvalue weighted by atomic mass is 9.99. The lowest BCUT2D eigenvalue weighted by molar-refractivity contribution is -0.0158. The van der Waals surface area contributed by atoms with Gasteiger partial charge in [0.1, 0.15) is 11.5 Å². The van der Waals surface area contributed by atoms with Crippen LogP contribution in [0.25, 0.3) is 11.3 Å². The quantitative estimate of drug-likeness (QED) is 0.326. The maximum absolute atomic E-state index is 13.1. The van der Waals surface area contributed by atoms with Crippen molar-refractivity contribution in [3.63, 3.8) is 0 Å². The van der Waals surface area contributed by atoms with Gasteiger partial charge in [0.25, 0.3) is 0 Å². The van der Waals surface area contributed by atoms with Gasteiger partial charge in [0.2, 0.25) is 0 Å². The highest BCUT2D eigenvalue weighted by atomic mass is 35.5. The van der Waals surface area contributed by atoms with Crippen LogP contribution in [0.2, 0.25) is 10.0 Å². The molecule has 1 saturated carbocycles. The number of carbonyl (C=O) groups is 2. The summed E-state index contributed by atoms with van der Waals surface area (Å²) in [7, 11) is 0. The number of urea groups is 1. The Balaban J connectivity index is 1.14. The fraction of sp³-hybridized carbons (Fsp3) is 0.393. The number of hydrogen-bond donors (Lipinski definition) is 2. The highest BCUT2D eigenvalue weighted by Crippen LogP contribution is 2.46. The molecule has 3 aromatic rings. The molecule has 8 nitrogen and oxygen atoms in total. The summed E-state index contributed by atoms with van der Waals surface area (Å²) in [6.45, 7) is 0.338. The van der Waals surface area contributed by atoms with E-state index in [0.717, 1.165) is 49.8 Å². The van der Waals surface area contributed by atoms with E-state index in [1.54, 1.807) is 30.3 Å². The van der Waals surface area contributed by atoms with Crippen molar-refractivity contribution in [3.8, 4) is 11.3 Å². The molecule has 2 amide bonds. The molecule has 0 radical (unpaired) electrons. The number of piperidine rings is 1. The molecule has 0 spiro atoms. The molecule has 2 aromatic carbocycles. The van der Waals surface area contributed by atoms with Crippen LogP contribution in [-0.4, -0.2) is 45.4 Å². The van der Waals surface area contributed by atoms with Crippen LogP contribution < -0.4 is 5.32 Å². The van der Waals surface area contributed by atoms with Gasteiger partial charge in [-0.15, -0.1) is 0 Å². The van der Waals surface area contributed by atoms with E-state index >= 15 is 0 Å². The van der Waals surface area contributed by atoms with Crippen molar-refractivity contribution in [2.24, 2.45) is 0 Å². The summed E-state index contributed by atoms with van der Waals surface area (Å²) in [6.07, 6.45) is 5.39. The van der Waals surface area contributed by atoms with Crippen LogP contribution >= 0.6 is 23.2 Å². The highest BCUT2D eigenvalue weighted by molar-refractivity contribution is 6.39. The number of anilines is 1. The summed E-state index contributed by atoms with van der Waals surface area (Å²) in [4.78, 5) is 26.3. The average molecular weight is 556 g/mol. The smallest absolute Gasteiger partial charge is 0.335 e. The summed E-state index contributed by atoms with van der Waals surface area (Å²) >= 11 is 13.0. The number of nitrogens with zero attached hydrogens (tertiary/aromatic N) is 2. The Morgan fingerprint density at radius 1 is 1.05 bits per heavy atom. The number of benzene rings is 2. The van der Waals surface area contributed by atoms with E-state index in [-0.39, 0.29) is 29.8 Å². The number of carboxylic acids is 1. The molecule has 6 rings (SSSR count). The molecule has 10 heteroatoms. The van der Waals surface area contributed by atoms with Gasteiger partial charge < -0.3 is 24.6 Å². The molecular weight excluding hydrogens is 529 g/mol. The molecule has 1 aliphatic carbocycles. The van der Waals surface area contributed by atoms with E-state index in [9.17, 15) is 14.7 Å². The Hall–Kier alpha value is -3.07. The van der Waals surface area contributed by atoms with Crippen LogP contribution in [0.1, 0.15) is 66.1 Å². The van der Waals surface area contributed by atoms with Gasteiger partial charge in [-0.1, -0.05) is 40.5 Å². The minimum absolute atomic E-state index is 0.0107. The maximum atomic E-state index is 13.1. The summed E-state index contributed by atoms with van der Waals surface area (Å²) in [6, 6.07) is 11.6. The van der Waals surface area contributed by atoms with E-state index in [1.807, 2.05) is 4.90 Å². The topological polar surface area (TPSA) is 105 Å². The molecular formula is C28H27Cl2N3O5. The Morgan fingerprint density at radius 2 is 1.74 bits per heavy atom. The van der Waals surface area contributed by atoms with E-state index in [1.165, 1.54) is 12.1 Å². The Morgan fingerprint density at radius 3 is 2.39 bits per heavy atom. The lowest BCUT2D eigenvalue weighted by Gasteiger charge is -2.38. The molecule has 3 heterocycles. The van der Waals surface area contributed by atoms with E-state index < -0.39 is 5.97 Å². The predicted molar refractivity (Wildman–Crippen MR) is 143 cm³/mol. The SMILES string of the molecule is O=C(O)c1cccc(NC(=O)N2C3CCC2CC(OCc2c(-c4c(Cl)cccc4Cl)noc2C2CC2)C3)c1. The Kier molecular flexibility index (Phi) is 6.80. The van der Waals surface area contributed by atoms with Crippen molar-refractivity contribution in [3.05, 3.63) is 69.4 Å². The van der Waals surface area contributed by atoms with Gasteiger partial charge in [-0.3, -0.25) is 0 Å². The van der Waals surface area contributed by atoms with Crippen LogP contribution in [0.5, 0.6) is 0 Å². The first kappa shape index (κ1) is 25.2. The number of aromatic carboxylic acids is 1. The number of hydrogen-bond acceptors (Lipinski definition) is 5. The van der Waals surface area contributed by atoms with Gasteiger partial charge in [-0.2, -0.15) is 0 Å². The molecule has 2 saturated heterocycles. The lowest BCUT2D eigenvalue weighted by Crippen LogP contribution is -2.50. The average Bonchev–Trinajstić information content (AvgIpc) is 3.59. The fourth-order valence-corrected chi connectivity index (χ4v) is 6.34. The molecule has 38 heavy (non-hydrogen) atoms. The first-order valence-corrected chi connectivity index (χ1v) is 13.6. The maximum Gasteiger partial charge on any atom is 0.335 e. The van der Waals surface area contributed by atoms with Gasteiger partial charge in [0, 0.05) is 34.8 Å². The van der Waals surface area contributed by atoms with Crippen molar-refractivity contribution in [1.82, 2.24) is 10.1 Å². The second kappa shape index (κ2) is 10.2. The first-order chi connectivity index (χ1) is 18.4. The second-order valence-corrected chi connectivity index (χ2v) is 11.1. The zero-order valence-electron chi connectivity index (χ0n) is 20.5. The zero-order chi connectivity index (χ0) is 26.4. The molecule has 2 bridgehead atoms. The van der Waals surface area contributed by atoms with Crippen LogP contribution in [0.15, 0.2) is 47.0 Å². The standard InChI is InChI=1S/C28H27Cl2N3O5/c29-22-5-2-6-23(30)24(22)25-21(26(38-32-25)15-7-8-15)14-37-20-12-18-9-10-19(13-20)33(18)28(36)31-17-4-1-3-16(11-17)27(34)35/h1-6,11,15,18-20H,7-10,12-14H2,(H,31,36)(H,34,35). The van der Waals surface area contributed by atoms with Crippen LogP contribution in [-0.2, 0) is 11.3 Å². The number of nitrogens with one attached hydrogen (secondary N) is 1. The largest absolute Gasteiger partial charge is 0.478 e. The Bertz CT molecular complexity index is 1350. The van der Waals surface area contributed by atoms with Crippen molar-refractivity contribution in [2.45, 2.75) is 69.2 Å². The third-order valence-electron chi connectivity index (χ3n) is 7.71. The van der Waals surface area contributed by atoms with Crippen LogP contribution in [0.3, 0.4) is 0 Å². The number of carbonyl (C=O) groups excluding carboxylic acids is 1. The van der Waals surface area contributed by atoms with Crippen molar-refractivity contribution in [1.29, 1.82) is 0 Å². The molecule has 2 unspecified atom stereocenters. The molecule has 2 atom stereocenters. The first-order valence-electron chi connectivity index (χ1n) is 12.9. The predicted octanol–water partition coefficient (Wildman–Crippen LogP) is 6.97. The normalized spacial score (nSPS) is 22.5. The van der Waals surface area contributed by atoms with Gasteiger partial charge in [-0.05, 0) is 68.9 Å². The third kappa shape index (κ3) is 4.88. The zero-order valence-corrected chi connectivity index (χ0v) is 22.0. The van der Waals surface area contributed by atoms with Gasteiger partial charge in [0.15, 0.2) is 0 Å². The number of carboxylic acid groups (broad SMARTS) is 1. The molecule has 1 aromatic heterocycles. The number of rotatable bonds is 7. The monoisotopic (exact) mass is 555 g/mol. The fourth-order valence-electron chi connectivity index (χ4n) is 5.76. The van der Waals surface area contributed by atoms with Gasteiger partial charge >= 0.3 is 12.0 Å². The molecule has 2 N–H and O–H groups in total. The van der Waals surface area contributed by atoms with Gasteiger partial charge in [-0.25, -0.2) is 9.59 Å². The molecule has 3 aliphatic rings. The second-order valence-electron chi connectivity index (χ2n) is 10.3. The van der Waals surface area contributed by atoms with Crippen LogP contribution in [0, 0.1) is 0 Å². The summed E-state index contributed by atoms with van der Waals surface area (Å²) < 4.78 is 12.2. The molecule has 198 valence electrons. The summed E-state index contributed by atoms with van der Waals surface area (Å²) in [5.41, 5.74) is 2.79.